The maximum Gasteiger partial charge on any atom is 0.256 e. The standard InChI is InChI=1S/C18H17N3O3S/c1-21-11-13(15(24-2)9-17(21)22)18(23)20-10-12-5-6-19-14(8-12)16-4-3-7-25-16/h3-9,11H,10H2,1-2H3,(H,20,23). The summed E-state index contributed by atoms with van der Waals surface area (Å²) < 4.78 is 6.49. The van der Waals surface area contributed by atoms with Crippen LogP contribution in [0.3, 0.4) is 0 Å². The Kier molecular flexibility index (Phi) is 4.95. The zero-order valence-corrected chi connectivity index (χ0v) is 14.7. The average Bonchev–Trinajstić information content (AvgIpc) is 3.16. The van der Waals surface area contributed by atoms with E-state index in [1.165, 1.54) is 23.9 Å². The summed E-state index contributed by atoms with van der Waals surface area (Å²) in [5.41, 5.74) is 1.90. The summed E-state index contributed by atoms with van der Waals surface area (Å²) in [4.78, 5) is 29.5. The van der Waals surface area contributed by atoms with Crippen LogP contribution in [0.5, 0.6) is 5.75 Å². The molecule has 3 rings (SSSR count). The highest BCUT2D eigenvalue weighted by atomic mass is 32.1. The Labute approximate surface area is 148 Å². The van der Waals surface area contributed by atoms with Crippen molar-refractivity contribution in [2.24, 2.45) is 7.05 Å². The molecule has 7 heteroatoms. The number of rotatable bonds is 5. The van der Waals surface area contributed by atoms with Crippen molar-refractivity contribution in [3.05, 3.63) is 69.6 Å². The van der Waals surface area contributed by atoms with Gasteiger partial charge in [0.25, 0.3) is 11.5 Å². The van der Waals surface area contributed by atoms with E-state index >= 15 is 0 Å². The van der Waals surface area contributed by atoms with Crippen molar-refractivity contribution in [1.29, 1.82) is 0 Å². The van der Waals surface area contributed by atoms with Gasteiger partial charge in [0.05, 0.1) is 23.2 Å². The van der Waals surface area contributed by atoms with Crippen molar-refractivity contribution in [3.63, 3.8) is 0 Å². The first-order chi connectivity index (χ1) is 12.1. The monoisotopic (exact) mass is 355 g/mol. The molecule has 0 bridgehead atoms. The third kappa shape index (κ3) is 3.77. The van der Waals surface area contributed by atoms with Crippen molar-refractivity contribution in [1.82, 2.24) is 14.9 Å². The number of pyridine rings is 2. The van der Waals surface area contributed by atoms with Crippen LogP contribution >= 0.6 is 11.3 Å². The SMILES string of the molecule is COc1cc(=O)n(C)cc1C(=O)NCc1ccnc(-c2cccs2)c1. The van der Waals surface area contributed by atoms with E-state index < -0.39 is 0 Å². The molecular formula is C18H17N3O3S. The minimum atomic E-state index is -0.304. The predicted molar refractivity (Wildman–Crippen MR) is 97.0 cm³/mol. The summed E-state index contributed by atoms with van der Waals surface area (Å²) in [7, 11) is 3.02. The van der Waals surface area contributed by atoms with Gasteiger partial charge in [-0.15, -0.1) is 11.3 Å². The smallest absolute Gasteiger partial charge is 0.256 e. The molecule has 0 aliphatic heterocycles. The van der Waals surface area contributed by atoms with E-state index in [9.17, 15) is 9.59 Å². The quantitative estimate of drug-likeness (QED) is 0.763. The highest BCUT2D eigenvalue weighted by Crippen LogP contribution is 2.23. The second-order valence-corrected chi connectivity index (χ2v) is 6.36. The lowest BCUT2D eigenvalue weighted by Crippen LogP contribution is -2.26. The van der Waals surface area contributed by atoms with E-state index in [0.717, 1.165) is 16.1 Å². The molecule has 0 saturated heterocycles. The minimum Gasteiger partial charge on any atom is -0.496 e. The summed E-state index contributed by atoms with van der Waals surface area (Å²) in [6.07, 6.45) is 3.20. The molecular weight excluding hydrogens is 338 g/mol. The number of aryl methyl sites for hydroxylation is 1. The summed E-state index contributed by atoms with van der Waals surface area (Å²) in [6.45, 7) is 0.353. The van der Waals surface area contributed by atoms with Gasteiger partial charge in [-0.25, -0.2) is 0 Å². The van der Waals surface area contributed by atoms with Crippen LogP contribution in [0, 0.1) is 0 Å². The van der Waals surface area contributed by atoms with E-state index in [2.05, 4.69) is 10.3 Å². The van der Waals surface area contributed by atoms with Gasteiger partial charge in [0, 0.05) is 32.1 Å². The first-order valence-corrected chi connectivity index (χ1v) is 8.48. The van der Waals surface area contributed by atoms with E-state index in [4.69, 9.17) is 4.74 Å². The summed E-state index contributed by atoms with van der Waals surface area (Å²) >= 11 is 1.62. The van der Waals surface area contributed by atoms with Crippen molar-refractivity contribution in [2.75, 3.05) is 7.11 Å². The Morgan fingerprint density at radius 1 is 1.36 bits per heavy atom. The fourth-order valence-electron chi connectivity index (χ4n) is 2.37. The number of amides is 1. The van der Waals surface area contributed by atoms with Crippen molar-refractivity contribution < 1.29 is 9.53 Å². The third-order valence-electron chi connectivity index (χ3n) is 3.71. The highest BCUT2D eigenvalue weighted by Gasteiger charge is 2.14. The minimum absolute atomic E-state index is 0.233. The topological polar surface area (TPSA) is 73.2 Å². The normalized spacial score (nSPS) is 10.5. The molecule has 1 amide bonds. The lowest BCUT2D eigenvalue weighted by Gasteiger charge is -2.11. The van der Waals surface area contributed by atoms with Crippen LogP contribution in [-0.4, -0.2) is 22.6 Å². The number of carbonyl (C=O) groups is 1. The van der Waals surface area contributed by atoms with E-state index in [1.54, 1.807) is 24.6 Å². The van der Waals surface area contributed by atoms with Gasteiger partial charge in [-0.1, -0.05) is 6.07 Å². The van der Waals surface area contributed by atoms with Crippen LogP contribution in [-0.2, 0) is 13.6 Å². The van der Waals surface area contributed by atoms with Crippen LogP contribution in [0.4, 0.5) is 0 Å². The van der Waals surface area contributed by atoms with Crippen LogP contribution < -0.4 is 15.6 Å². The van der Waals surface area contributed by atoms with Gasteiger partial charge in [0.15, 0.2) is 0 Å². The van der Waals surface area contributed by atoms with Gasteiger partial charge in [-0.05, 0) is 29.1 Å². The molecule has 0 aliphatic carbocycles. The Balaban J connectivity index is 1.76. The molecule has 3 aromatic rings. The molecule has 0 aliphatic rings. The van der Waals surface area contributed by atoms with Gasteiger partial charge in [-0.2, -0.15) is 0 Å². The Hall–Kier alpha value is -2.93. The van der Waals surface area contributed by atoms with Crippen LogP contribution in [0.2, 0.25) is 0 Å². The maximum absolute atomic E-state index is 12.5. The maximum atomic E-state index is 12.5. The number of methoxy groups -OCH3 is 1. The summed E-state index contributed by atoms with van der Waals surface area (Å²) in [6, 6.07) is 9.09. The Bertz CT molecular complexity index is 948. The summed E-state index contributed by atoms with van der Waals surface area (Å²) in [5, 5.41) is 4.85. The number of hydrogen-bond acceptors (Lipinski definition) is 5. The van der Waals surface area contributed by atoms with E-state index in [-0.39, 0.29) is 17.2 Å². The fourth-order valence-corrected chi connectivity index (χ4v) is 3.07. The average molecular weight is 355 g/mol. The molecule has 3 heterocycles. The second-order valence-electron chi connectivity index (χ2n) is 5.41. The molecule has 0 fully saturated rings. The molecule has 0 atom stereocenters. The number of aromatic nitrogens is 2. The highest BCUT2D eigenvalue weighted by molar-refractivity contribution is 7.13. The second kappa shape index (κ2) is 7.31. The molecule has 0 radical (unpaired) electrons. The Morgan fingerprint density at radius 2 is 2.20 bits per heavy atom. The lowest BCUT2D eigenvalue weighted by molar-refractivity contribution is 0.0947. The van der Waals surface area contributed by atoms with Gasteiger partial charge in [-0.3, -0.25) is 14.6 Å². The predicted octanol–water partition coefficient (Wildman–Crippen LogP) is 2.45. The molecule has 128 valence electrons. The number of hydrogen-bond donors (Lipinski definition) is 1. The first kappa shape index (κ1) is 16.9. The zero-order chi connectivity index (χ0) is 17.8. The molecule has 1 N–H and O–H groups in total. The molecule has 0 aromatic carbocycles. The molecule has 6 nitrogen and oxygen atoms in total. The van der Waals surface area contributed by atoms with E-state index in [0.29, 0.717) is 12.1 Å². The third-order valence-corrected chi connectivity index (χ3v) is 4.60. The first-order valence-electron chi connectivity index (χ1n) is 7.60. The molecule has 0 saturated carbocycles. The molecule has 25 heavy (non-hydrogen) atoms. The molecule has 0 unspecified atom stereocenters. The van der Waals surface area contributed by atoms with Gasteiger partial charge in [0.2, 0.25) is 0 Å². The number of nitrogens with zero attached hydrogens (tertiary/aromatic N) is 2. The van der Waals surface area contributed by atoms with Gasteiger partial charge >= 0.3 is 0 Å². The van der Waals surface area contributed by atoms with Crippen molar-refractivity contribution in [3.8, 4) is 16.3 Å². The fraction of sp³-hybridized carbons (Fsp3) is 0.167. The number of nitrogens with one attached hydrogen (secondary N) is 1. The molecule has 0 spiro atoms. The van der Waals surface area contributed by atoms with Crippen molar-refractivity contribution >= 4 is 17.2 Å². The summed E-state index contributed by atoms with van der Waals surface area (Å²) in [5.74, 6) is -0.0449. The molecule has 3 aromatic heterocycles. The van der Waals surface area contributed by atoms with Gasteiger partial charge < -0.3 is 14.6 Å². The Morgan fingerprint density at radius 3 is 2.92 bits per heavy atom. The number of ether oxygens (including phenoxy) is 1. The number of carbonyl (C=O) groups excluding carboxylic acids is 1. The van der Waals surface area contributed by atoms with Crippen LogP contribution in [0.15, 0.2) is 52.9 Å². The number of thiophene rings is 1. The largest absolute Gasteiger partial charge is 0.496 e. The van der Waals surface area contributed by atoms with Crippen molar-refractivity contribution in [2.45, 2.75) is 6.54 Å². The van der Waals surface area contributed by atoms with Gasteiger partial charge in [0.1, 0.15) is 5.75 Å². The van der Waals surface area contributed by atoms with Crippen LogP contribution in [0.1, 0.15) is 15.9 Å². The van der Waals surface area contributed by atoms with Crippen LogP contribution in [0.25, 0.3) is 10.6 Å². The lowest BCUT2D eigenvalue weighted by atomic mass is 10.2. The van der Waals surface area contributed by atoms with E-state index in [1.807, 2.05) is 29.6 Å². The zero-order valence-electron chi connectivity index (χ0n) is 13.9.